The van der Waals surface area contributed by atoms with Crippen LogP contribution in [0.25, 0.3) is 0 Å². The third-order valence-electron chi connectivity index (χ3n) is 3.33. The molecule has 6 heteroatoms. The topological polar surface area (TPSA) is 63.4 Å². The predicted octanol–water partition coefficient (Wildman–Crippen LogP) is 1.94. The zero-order valence-corrected chi connectivity index (χ0v) is 12.3. The second kappa shape index (κ2) is 7.62. The highest BCUT2D eigenvalue weighted by molar-refractivity contribution is 7.12. The highest BCUT2D eigenvalue weighted by atomic mass is 35.5. The van der Waals surface area contributed by atoms with Gasteiger partial charge in [0.15, 0.2) is 5.78 Å². The molecule has 1 aliphatic heterocycles. The summed E-state index contributed by atoms with van der Waals surface area (Å²) in [5.41, 5.74) is 5.59. The maximum Gasteiger partial charge on any atom is 0.223 e. The average Bonchev–Trinajstić information content (AvgIpc) is 3.05. The van der Waals surface area contributed by atoms with Crippen molar-refractivity contribution >= 4 is 35.4 Å². The van der Waals surface area contributed by atoms with Gasteiger partial charge < -0.3 is 10.6 Å². The van der Waals surface area contributed by atoms with Crippen LogP contribution in [0.15, 0.2) is 17.5 Å². The summed E-state index contributed by atoms with van der Waals surface area (Å²) in [6, 6.07) is 3.66. The Labute approximate surface area is 123 Å². The van der Waals surface area contributed by atoms with Crippen molar-refractivity contribution in [3.63, 3.8) is 0 Å². The second-order valence-corrected chi connectivity index (χ2v) is 5.58. The fourth-order valence-corrected chi connectivity index (χ4v) is 2.88. The molecule has 106 valence electrons. The van der Waals surface area contributed by atoms with E-state index in [9.17, 15) is 9.59 Å². The van der Waals surface area contributed by atoms with Crippen LogP contribution >= 0.6 is 23.7 Å². The number of carbonyl (C=O) groups excluding carboxylic acids is 2. The minimum atomic E-state index is 0. The molecule has 2 rings (SSSR count). The van der Waals surface area contributed by atoms with E-state index in [1.54, 1.807) is 6.07 Å². The minimum absolute atomic E-state index is 0. The van der Waals surface area contributed by atoms with Gasteiger partial charge in [-0.15, -0.1) is 23.7 Å². The van der Waals surface area contributed by atoms with Crippen molar-refractivity contribution in [3.05, 3.63) is 22.4 Å². The summed E-state index contributed by atoms with van der Waals surface area (Å²) in [4.78, 5) is 26.3. The molecular formula is C13H19ClN2O2S. The predicted molar refractivity (Wildman–Crippen MR) is 78.9 cm³/mol. The van der Waals surface area contributed by atoms with Crippen LogP contribution in [-0.4, -0.2) is 36.2 Å². The molecule has 1 atom stereocenters. The number of ketones is 1. The lowest BCUT2D eigenvalue weighted by Gasteiger charge is -2.15. The van der Waals surface area contributed by atoms with Gasteiger partial charge in [0, 0.05) is 25.9 Å². The first-order chi connectivity index (χ1) is 8.70. The average molecular weight is 303 g/mol. The Morgan fingerprint density at radius 1 is 1.42 bits per heavy atom. The summed E-state index contributed by atoms with van der Waals surface area (Å²) in [7, 11) is 0. The van der Waals surface area contributed by atoms with Crippen molar-refractivity contribution in [2.45, 2.75) is 19.3 Å². The highest BCUT2D eigenvalue weighted by Gasteiger charge is 2.25. The van der Waals surface area contributed by atoms with Gasteiger partial charge in [0.25, 0.3) is 0 Å². The Hall–Kier alpha value is -0.910. The zero-order valence-electron chi connectivity index (χ0n) is 10.7. The second-order valence-electron chi connectivity index (χ2n) is 4.63. The molecule has 0 saturated carbocycles. The zero-order chi connectivity index (χ0) is 13.0. The Bertz CT molecular complexity index is 422. The Kier molecular flexibility index (Phi) is 6.48. The number of thiophene rings is 1. The maximum atomic E-state index is 11.9. The molecular weight excluding hydrogens is 284 g/mol. The van der Waals surface area contributed by atoms with Crippen LogP contribution in [0.3, 0.4) is 0 Å². The quantitative estimate of drug-likeness (QED) is 0.846. The molecule has 1 amide bonds. The van der Waals surface area contributed by atoms with E-state index >= 15 is 0 Å². The van der Waals surface area contributed by atoms with E-state index in [1.165, 1.54) is 11.3 Å². The first kappa shape index (κ1) is 16.1. The number of hydrogen-bond acceptors (Lipinski definition) is 4. The molecule has 1 fully saturated rings. The smallest absolute Gasteiger partial charge is 0.223 e. The number of carbonyl (C=O) groups is 2. The largest absolute Gasteiger partial charge is 0.342 e. The van der Waals surface area contributed by atoms with E-state index in [4.69, 9.17) is 5.73 Å². The number of hydrogen-bond donors (Lipinski definition) is 1. The van der Waals surface area contributed by atoms with E-state index in [1.807, 2.05) is 16.3 Å². The molecule has 0 aromatic carbocycles. The van der Waals surface area contributed by atoms with Crippen LogP contribution in [0, 0.1) is 5.92 Å². The summed E-state index contributed by atoms with van der Waals surface area (Å²) < 4.78 is 0. The van der Waals surface area contributed by atoms with E-state index in [0.29, 0.717) is 25.3 Å². The third-order valence-corrected chi connectivity index (χ3v) is 4.24. The van der Waals surface area contributed by atoms with E-state index in [0.717, 1.165) is 24.4 Å². The lowest BCUT2D eigenvalue weighted by atomic mass is 10.1. The molecule has 0 bridgehead atoms. The monoisotopic (exact) mass is 302 g/mol. The molecule has 2 N–H and O–H groups in total. The maximum absolute atomic E-state index is 11.9. The van der Waals surface area contributed by atoms with Crippen LogP contribution in [0.1, 0.15) is 28.9 Å². The SMILES string of the molecule is Cl.NCC1CCN(C(=O)CCC(=O)c2cccs2)C1. The van der Waals surface area contributed by atoms with Gasteiger partial charge in [0.2, 0.25) is 5.91 Å². The summed E-state index contributed by atoms with van der Waals surface area (Å²) in [6.45, 7) is 2.17. The molecule has 2 heterocycles. The molecule has 1 saturated heterocycles. The van der Waals surface area contributed by atoms with Crippen LogP contribution in [0.4, 0.5) is 0 Å². The van der Waals surface area contributed by atoms with Gasteiger partial charge in [-0.25, -0.2) is 0 Å². The number of halogens is 1. The molecule has 19 heavy (non-hydrogen) atoms. The van der Waals surface area contributed by atoms with E-state index in [2.05, 4.69) is 0 Å². The molecule has 4 nitrogen and oxygen atoms in total. The molecule has 1 aliphatic rings. The van der Waals surface area contributed by atoms with E-state index in [-0.39, 0.29) is 24.1 Å². The third kappa shape index (κ3) is 4.30. The van der Waals surface area contributed by atoms with Gasteiger partial charge in [-0.3, -0.25) is 9.59 Å². The van der Waals surface area contributed by atoms with Gasteiger partial charge >= 0.3 is 0 Å². The summed E-state index contributed by atoms with van der Waals surface area (Å²) in [5, 5.41) is 1.88. The first-order valence-electron chi connectivity index (χ1n) is 6.25. The molecule has 0 aliphatic carbocycles. The summed E-state index contributed by atoms with van der Waals surface area (Å²) >= 11 is 1.43. The van der Waals surface area contributed by atoms with Gasteiger partial charge in [-0.1, -0.05) is 6.07 Å². The number of nitrogens with two attached hydrogens (primary N) is 1. The number of amides is 1. The lowest BCUT2D eigenvalue weighted by Crippen LogP contribution is -2.30. The number of rotatable bonds is 5. The van der Waals surface area contributed by atoms with Crippen molar-refractivity contribution in [1.29, 1.82) is 0 Å². The van der Waals surface area contributed by atoms with Crippen molar-refractivity contribution in [2.24, 2.45) is 11.7 Å². The first-order valence-corrected chi connectivity index (χ1v) is 7.13. The highest BCUT2D eigenvalue weighted by Crippen LogP contribution is 2.17. The number of likely N-dealkylation sites (tertiary alicyclic amines) is 1. The summed E-state index contributed by atoms with van der Waals surface area (Å²) in [6.07, 6.45) is 1.61. The van der Waals surface area contributed by atoms with Crippen LogP contribution < -0.4 is 5.73 Å². The van der Waals surface area contributed by atoms with E-state index < -0.39 is 0 Å². The number of Topliss-reactive ketones (excluding diaryl/α,β-unsaturated/α-hetero) is 1. The van der Waals surface area contributed by atoms with Crippen molar-refractivity contribution in [2.75, 3.05) is 19.6 Å². The van der Waals surface area contributed by atoms with Crippen LogP contribution in [-0.2, 0) is 4.79 Å². The van der Waals surface area contributed by atoms with Crippen molar-refractivity contribution in [3.8, 4) is 0 Å². The lowest BCUT2D eigenvalue weighted by molar-refractivity contribution is -0.130. The summed E-state index contributed by atoms with van der Waals surface area (Å²) in [5.74, 6) is 0.575. The van der Waals surface area contributed by atoms with Crippen molar-refractivity contribution < 1.29 is 9.59 Å². The van der Waals surface area contributed by atoms with Gasteiger partial charge in [0.05, 0.1) is 4.88 Å². The van der Waals surface area contributed by atoms with Gasteiger partial charge in [0.1, 0.15) is 0 Å². The molecule has 1 unspecified atom stereocenters. The Balaban J connectivity index is 0.00000180. The minimum Gasteiger partial charge on any atom is -0.342 e. The number of nitrogens with zero attached hydrogens (tertiary/aromatic N) is 1. The normalized spacial score (nSPS) is 18.2. The fraction of sp³-hybridized carbons (Fsp3) is 0.538. The van der Waals surface area contributed by atoms with Gasteiger partial charge in [-0.05, 0) is 30.3 Å². The molecule has 1 aromatic heterocycles. The van der Waals surface area contributed by atoms with Crippen molar-refractivity contribution in [1.82, 2.24) is 4.90 Å². The Morgan fingerprint density at radius 3 is 2.79 bits per heavy atom. The molecule has 0 radical (unpaired) electrons. The standard InChI is InChI=1S/C13H18N2O2S.ClH/c14-8-10-5-6-15(9-10)13(17)4-3-11(16)12-2-1-7-18-12;/h1-2,7,10H,3-6,8-9,14H2;1H. The van der Waals surface area contributed by atoms with Crippen LogP contribution in [0.5, 0.6) is 0 Å². The van der Waals surface area contributed by atoms with Crippen LogP contribution in [0.2, 0.25) is 0 Å². The van der Waals surface area contributed by atoms with Gasteiger partial charge in [-0.2, -0.15) is 0 Å². The fourth-order valence-electron chi connectivity index (χ4n) is 2.19. The molecule has 0 spiro atoms. The molecule has 1 aromatic rings. The Morgan fingerprint density at radius 2 is 2.21 bits per heavy atom.